The molecule has 1 saturated heterocycles. The standard InChI is InChI=1S/C24H28N2O4/c1-24(14-22(27)28,21-12-6-7-13-25-21)26-23(29)30-15-20-18-10-4-2-8-16(18)17-9-3-5-11-19(17)20/h2-5,8-11,20-21,25H,6-7,12-15H2,1H3,(H,26,29)(H,27,28). The van der Waals surface area contributed by atoms with Crippen LogP contribution >= 0.6 is 0 Å². The third-order valence-electron chi connectivity index (χ3n) is 6.33. The number of carboxylic acid groups (broad SMARTS) is 1. The monoisotopic (exact) mass is 408 g/mol. The molecule has 0 aromatic heterocycles. The number of hydrogen-bond donors (Lipinski definition) is 3. The first-order chi connectivity index (χ1) is 14.5. The zero-order valence-electron chi connectivity index (χ0n) is 17.2. The van der Waals surface area contributed by atoms with E-state index in [1.807, 2.05) is 24.3 Å². The number of hydrogen-bond acceptors (Lipinski definition) is 4. The van der Waals surface area contributed by atoms with Crippen LogP contribution in [0, 0.1) is 0 Å². The van der Waals surface area contributed by atoms with Crippen LogP contribution in [0.15, 0.2) is 48.5 Å². The predicted octanol–water partition coefficient (Wildman–Crippen LogP) is 3.90. The van der Waals surface area contributed by atoms with Crippen LogP contribution < -0.4 is 10.6 Å². The molecule has 6 heteroatoms. The van der Waals surface area contributed by atoms with Gasteiger partial charge in [-0.05, 0) is 48.6 Å². The van der Waals surface area contributed by atoms with Crippen LogP contribution in [-0.4, -0.2) is 41.9 Å². The first-order valence-corrected chi connectivity index (χ1v) is 10.6. The molecule has 1 aliphatic carbocycles. The molecule has 2 aromatic rings. The lowest BCUT2D eigenvalue weighted by Crippen LogP contribution is -2.61. The summed E-state index contributed by atoms with van der Waals surface area (Å²) in [6.07, 6.45) is 2.17. The van der Waals surface area contributed by atoms with E-state index in [9.17, 15) is 14.7 Å². The van der Waals surface area contributed by atoms with E-state index in [0.717, 1.165) is 36.9 Å². The highest BCUT2D eigenvalue weighted by molar-refractivity contribution is 5.79. The van der Waals surface area contributed by atoms with Crippen molar-refractivity contribution in [3.63, 3.8) is 0 Å². The number of rotatable bonds is 6. The SMILES string of the molecule is CC(CC(=O)O)(NC(=O)OCC1c2ccccc2-c2ccccc21)C1CCCCN1. The first kappa shape index (κ1) is 20.4. The van der Waals surface area contributed by atoms with E-state index >= 15 is 0 Å². The molecular weight excluding hydrogens is 380 g/mol. The molecular formula is C24H28N2O4. The number of carbonyl (C=O) groups excluding carboxylic acids is 1. The highest BCUT2D eigenvalue weighted by atomic mass is 16.5. The number of fused-ring (bicyclic) bond motifs is 3. The normalized spacial score (nSPS) is 20.0. The predicted molar refractivity (Wildman–Crippen MR) is 115 cm³/mol. The van der Waals surface area contributed by atoms with E-state index in [1.165, 1.54) is 11.1 Å². The molecule has 0 radical (unpaired) electrons. The summed E-state index contributed by atoms with van der Waals surface area (Å²) < 4.78 is 5.64. The van der Waals surface area contributed by atoms with Gasteiger partial charge in [0.25, 0.3) is 0 Å². The van der Waals surface area contributed by atoms with E-state index in [1.54, 1.807) is 6.92 Å². The van der Waals surface area contributed by atoms with Gasteiger partial charge in [0.15, 0.2) is 0 Å². The molecule has 30 heavy (non-hydrogen) atoms. The number of amides is 1. The third-order valence-corrected chi connectivity index (χ3v) is 6.33. The zero-order chi connectivity index (χ0) is 21.1. The lowest BCUT2D eigenvalue weighted by molar-refractivity contribution is -0.138. The Kier molecular flexibility index (Phi) is 5.77. The molecule has 1 fully saturated rings. The van der Waals surface area contributed by atoms with Crippen LogP contribution in [0.3, 0.4) is 0 Å². The fourth-order valence-corrected chi connectivity index (χ4v) is 4.83. The fourth-order valence-electron chi connectivity index (χ4n) is 4.83. The van der Waals surface area contributed by atoms with Crippen molar-refractivity contribution in [2.75, 3.05) is 13.2 Å². The highest BCUT2D eigenvalue weighted by Gasteiger charge is 2.39. The van der Waals surface area contributed by atoms with Crippen molar-refractivity contribution in [1.82, 2.24) is 10.6 Å². The Morgan fingerprint density at radius 3 is 2.30 bits per heavy atom. The minimum absolute atomic E-state index is 0.0262. The van der Waals surface area contributed by atoms with E-state index in [2.05, 4.69) is 34.9 Å². The Hall–Kier alpha value is -2.86. The van der Waals surface area contributed by atoms with Gasteiger partial charge in [-0.15, -0.1) is 0 Å². The largest absolute Gasteiger partial charge is 0.481 e. The summed E-state index contributed by atoms with van der Waals surface area (Å²) in [5.74, 6) is -0.967. The summed E-state index contributed by atoms with van der Waals surface area (Å²) in [5.41, 5.74) is 3.73. The molecule has 1 amide bonds. The molecule has 1 heterocycles. The molecule has 0 spiro atoms. The van der Waals surface area contributed by atoms with Gasteiger partial charge in [0.2, 0.25) is 0 Å². The topological polar surface area (TPSA) is 87.7 Å². The van der Waals surface area contributed by atoms with E-state index in [-0.39, 0.29) is 25.0 Å². The van der Waals surface area contributed by atoms with Gasteiger partial charge in [0, 0.05) is 12.0 Å². The molecule has 1 aliphatic heterocycles. The minimum Gasteiger partial charge on any atom is -0.481 e. The molecule has 2 atom stereocenters. The van der Waals surface area contributed by atoms with E-state index in [0.29, 0.717) is 0 Å². The van der Waals surface area contributed by atoms with Crippen LogP contribution in [0.4, 0.5) is 4.79 Å². The van der Waals surface area contributed by atoms with Crippen LogP contribution in [-0.2, 0) is 9.53 Å². The molecule has 4 rings (SSSR count). The minimum atomic E-state index is -0.941. The summed E-state index contributed by atoms with van der Waals surface area (Å²) in [4.78, 5) is 24.2. The Labute approximate surface area is 176 Å². The molecule has 2 unspecified atom stereocenters. The molecule has 0 bridgehead atoms. The number of alkyl carbamates (subject to hydrolysis) is 1. The molecule has 6 nitrogen and oxygen atoms in total. The Morgan fingerprint density at radius 1 is 1.10 bits per heavy atom. The summed E-state index contributed by atoms with van der Waals surface area (Å²) in [6, 6.07) is 16.2. The smallest absolute Gasteiger partial charge is 0.407 e. The van der Waals surface area contributed by atoms with Crippen molar-refractivity contribution in [2.45, 2.75) is 50.1 Å². The summed E-state index contributed by atoms with van der Waals surface area (Å²) >= 11 is 0. The van der Waals surface area contributed by atoms with Gasteiger partial charge < -0.3 is 20.5 Å². The fraction of sp³-hybridized carbons (Fsp3) is 0.417. The lowest BCUT2D eigenvalue weighted by atomic mass is 9.83. The van der Waals surface area contributed by atoms with Gasteiger partial charge in [-0.25, -0.2) is 4.79 Å². The van der Waals surface area contributed by atoms with Crippen LogP contribution in [0.5, 0.6) is 0 Å². The van der Waals surface area contributed by atoms with Crippen molar-refractivity contribution in [1.29, 1.82) is 0 Å². The molecule has 158 valence electrons. The second-order valence-corrected chi connectivity index (χ2v) is 8.44. The number of benzene rings is 2. The lowest BCUT2D eigenvalue weighted by Gasteiger charge is -2.39. The van der Waals surface area contributed by atoms with Crippen molar-refractivity contribution < 1.29 is 19.4 Å². The summed E-state index contributed by atoms with van der Waals surface area (Å²) in [7, 11) is 0. The van der Waals surface area contributed by atoms with E-state index < -0.39 is 17.6 Å². The van der Waals surface area contributed by atoms with Crippen molar-refractivity contribution in [2.24, 2.45) is 0 Å². The number of piperidine rings is 1. The first-order valence-electron chi connectivity index (χ1n) is 10.6. The van der Waals surface area contributed by atoms with Gasteiger partial charge in [0.05, 0.1) is 12.0 Å². The number of nitrogens with one attached hydrogen (secondary N) is 2. The average molecular weight is 408 g/mol. The van der Waals surface area contributed by atoms with Crippen molar-refractivity contribution in [3.05, 3.63) is 59.7 Å². The Morgan fingerprint density at radius 2 is 1.73 bits per heavy atom. The van der Waals surface area contributed by atoms with Crippen LogP contribution in [0.25, 0.3) is 11.1 Å². The van der Waals surface area contributed by atoms with Crippen LogP contribution in [0.1, 0.15) is 49.7 Å². The number of carbonyl (C=O) groups is 2. The maximum absolute atomic E-state index is 12.7. The summed E-state index contributed by atoms with van der Waals surface area (Å²) in [5, 5.41) is 15.6. The summed E-state index contributed by atoms with van der Waals surface area (Å²) in [6.45, 7) is 2.82. The second-order valence-electron chi connectivity index (χ2n) is 8.44. The molecule has 3 N–H and O–H groups in total. The molecule has 2 aliphatic rings. The highest BCUT2D eigenvalue weighted by Crippen LogP contribution is 2.44. The number of carboxylic acids is 1. The van der Waals surface area contributed by atoms with Gasteiger partial charge in [-0.2, -0.15) is 0 Å². The molecule has 0 saturated carbocycles. The van der Waals surface area contributed by atoms with Gasteiger partial charge in [0.1, 0.15) is 6.61 Å². The third kappa shape index (κ3) is 4.05. The van der Waals surface area contributed by atoms with E-state index in [4.69, 9.17) is 4.74 Å². The zero-order valence-corrected chi connectivity index (χ0v) is 17.2. The van der Waals surface area contributed by atoms with Gasteiger partial charge in [-0.3, -0.25) is 4.79 Å². The van der Waals surface area contributed by atoms with Gasteiger partial charge in [-0.1, -0.05) is 55.0 Å². The average Bonchev–Trinajstić information content (AvgIpc) is 3.06. The van der Waals surface area contributed by atoms with Crippen molar-refractivity contribution in [3.8, 4) is 11.1 Å². The van der Waals surface area contributed by atoms with Crippen LogP contribution in [0.2, 0.25) is 0 Å². The number of ether oxygens (including phenoxy) is 1. The second kappa shape index (κ2) is 8.48. The molecule has 2 aromatic carbocycles. The van der Waals surface area contributed by atoms with Crippen molar-refractivity contribution >= 4 is 12.1 Å². The Balaban J connectivity index is 1.47. The van der Waals surface area contributed by atoms with Gasteiger partial charge >= 0.3 is 12.1 Å². The Bertz CT molecular complexity index is 893. The number of aliphatic carboxylic acids is 1. The quantitative estimate of drug-likeness (QED) is 0.675. The maximum Gasteiger partial charge on any atom is 0.407 e. The maximum atomic E-state index is 12.7.